The molecule has 136 valence electrons. The lowest BCUT2D eigenvalue weighted by molar-refractivity contribution is -0.138. The Morgan fingerprint density at radius 1 is 1.44 bits per heavy atom. The standard InChI is InChI=1S/C15H22N6O3S/c1-10-13(25-11(2)16-10)8-14(22)20-4-7-24-12(9-20)15-17-18-19-21(15)5-6-23-3/h12H,4-9H2,1-3H3/t12-/m0/s1. The molecule has 1 fully saturated rings. The molecule has 3 heterocycles. The smallest absolute Gasteiger partial charge is 0.228 e. The lowest BCUT2D eigenvalue weighted by atomic mass is 10.2. The van der Waals surface area contributed by atoms with Gasteiger partial charge in [-0.05, 0) is 24.3 Å². The lowest BCUT2D eigenvalue weighted by Crippen LogP contribution is -2.43. The number of rotatable bonds is 6. The maximum absolute atomic E-state index is 12.7. The van der Waals surface area contributed by atoms with Gasteiger partial charge in [-0.15, -0.1) is 16.4 Å². The molecule has 0 aromatic carbocycles. The molecule has 3 rings (SSSR count). The van der Waals surface area contributed by atoms with Crippen LogP contribution in [0.5, 0.6) is 0 Å². The number of hydrogen-bond donors (Lipinski definition) is 0. The molecule has 0 bridgehead atoms. The molecule has 1 atom stereocenters. The molecule has 0 spiro atoms. The Hall–Kier alpha value is -1.91. The quantitative estimate of drug-likeness (QED) is 0.736. The molecule has 0 N–H and O–H groups in total. The molecule has 1 aliphatic heterocycles. The van der Waals surface area contributed by atoms with Gasteiger partial charge in [0.25, 0.3) is 0 Å². The summed E-state index contributed by atoms with van der Waals surface area (Å²) in [6, 6.07) is 0. The van der Waals surface area contributed by atoms with Crippen molar-refractivity contribution in [2.24, 2.45) is 0 Å². The van der Waals surface area contributed by atoms with Crippen molar-refractivity contribution in [2.75, 3.05) is 33.4 Å². The number of tetrazole rings is 1. The van der Waals surface area contributed by atoms with Gasteiger partial charge in [0, 0.05) is 18.5 Å². The minimum Gasteiger partial charge on any atom is -0.383 e. The number of carbonyl (C=O) groups is 1. The molecule has 25 heavy (non-hydrogen) atoms. The van der Waals surface area contributed by atoms with Crippen molar-refractivity contribution in [3.63, 3.8) is 0 Å². The first-order valence-electron chi connectivity index (χ1n) is 8.15. The van der Waals surface area contributed by atoms with Gasteiger partial charge < -0.3 is 14.4 Å². The Balaban J connectivity index is 1.65. The number of amides is 1. The summed E-state index contributed by atoms with van der Waals surface area (Å²) in [5.74, 6) is 0.704. The number of methoxy groups -OCH3 is 1. The molecule has 0 saturated carbocycles. The van der Waals surface area contributed by atoms with Crippen LogP contribution in [0.15, 0.2) is 0 Å². The molecule has 10 heteroatoms. The second-order valence-corrected chi connectivity index (χ2v) is 7.16. The summed E-state index contributed by atoms with van der Waals surface area (Å²) >= 11 is 1.58. The predicted molar refractivity (Wildman–Crippen MR) is 90.3 cm³/mol. The monoisotopic (exact) mass is 366 g/mol. The number of morpholine rings is 1. The molecule has 1 amide bonds. The first-order valence-corrected chi connectivity index (χ1v) is 8.97. The fourth-order valence-corrected chi connectivity index (χ4v) is 3.73. The zero-order valence-corrected chi connectivity index (χ0v) is 15.5. The van der Waals surface area contributed by atoms with E-state index in [9.17, 15) is 4.79 Å². The minimum absolute atomic E-state index is 0.0796. The third-order valence-corrected chi connectivity index (χ3v) is 5.16. The minimum atomic E-state index is -0.325. The number of aryl methyl sites for hydroxylation is 2. The lowest BCUT2D eigenvalue weighted by Gasteiger charge is -2.32. The van der Waals surface area contributed by atoms with Crippen LogP contribution >= 0.6 is 11.3 Å². The second-order valence-electron chi connectivity index (χ2n) is 5.87. The highest BCUT2D eigenvalue weighted by Gasteiger charge is 2.29. The maximum Gasteiger partial charge on any atom is 0.228 e. The first kappa shape index (κ1) is 17.9. The summed E-state index contributed by atoms with van der Waals surface area (Å²) in [7, 11) is 1.63. The summed E-state index contributed by atoms with van der Waals surface area (Å²) in [5, 5.41) is 12.7. The van der Waals surface area contributed by atoms with Gasteiger partial charge in [0.1, 0.15) is 6.10 Å². The van der Waals surface area contributed by atoms with Crippen molar-refractivity contribution >= 4 is 17.2 Å². The zero-order valence-electron chi connectivity index (χ0n) is 14.6. The average molecular weight is 366 g/mol. The SMILES string of the molecule is COCCn1nnnc1[C@@H]1CN(C(=O)Cc2sc(C)nc2C)CCO1. The Morgan fingerprint density at radius 2 is 2.28 bits per heavy atom. The highest BCUT2D eigenvalue weighted by atomic mass is 32.1. The van der Waals surface area contributed by atoms with E-state index in [1.807, 2.05) is 18.7 Å². The first-order chi connectivity index (χ1) is 12.1. The van der Waals surface area contributed by atoms with Crippen molar-refractivity contribution in [1.29, 1.82) is 0 Å². The third kappa shape index (κ3) is 4.20. The topological polar surface area (TPSA) is 95.3 Å². The van der Waals surface area contributed by atoms with E-state index in [1.165, 1.54) is 0 Å². The fourth-order valence-electron chi connectivity index (χ4n) is 2.80. The number of ether oxygens (including phenoxy) is 2. The Morgan fingerprint density at radius 3 is 3.00 bits per heavy atom. The van der Waals surface area contributed by atoms with Crippen LogP contribution in [0.3, 0.4) is 0 Å². The van der Waals surface area contributed by atoms with Gasteiger partial charge in [-0.2, -0.15) is 0 Å². The van der Waals surface area contributed by atoms with Gasteiger partial charge >= 0.3 is 0 Å². The van der Waals surface area contributed by atoms with Gasteiger partial charge in [-0.3, -0.25) is 4.79 Å². The highest BCUT2D eigenvalue weighted by Crippen LogP contribution is 2.22. The van der Waals surface area contributed by atoms with Gasteiger partial charge in [0.05, 0.1) is 43.4 Å². The van der Waals surface area contributed by atoms with E-state index in [0.717, 1.165) is 15.6 Å². The fraction of sp³-hybridized carbons (Fsp3) is 0.667. The van der Waals surface area contributed by atoms with E-state index in [1.54, 1.807) is 23.1 Å². The van der Waals surface area contributed by atoms with Crippen LogP contribution in [0, 0.1) is 13.8 Å². The number of nitrogens with zero attached hydrogens (tertiary/aromatic N) is 6. The molecule has 1 aliphatic rings. The van der Waals surface area contributed by atoms with E-state index in [4.69, 9.17) is 9.47 Å². The normalized spacial score (nSPS) is 17.9. The number of thiazole rings is 1. The van der Waals surface area contributed by atoms with E-state index < -0.39 is 0 Å². The number of aromatic nitrogens is 5. The second kappa shape index (κ2) is 7.98. The van der Waals surface area contributed by atoms with Gasteiger partial charge in [-0.25, -0.2) is 9.67 Å². The van der Waals surface area contributed by atoms with Crippen molar-refractivity contribution < 1.29 is 14.3 Å². The summed E-state index contributed by atoms with van der Waals surface area (Å²) in [6.45, 7) is 6.45. The van der Waals surface area contributed by atoms with Crippen molar-refractivity contribution in [3.05, 3.63) is 21.4 Å². The molecule has 0 unspecified atom stereocenters. The molecule has 1 saturated heterocycles. The van der Waals surface area contributed by atoms with Crippen LogP contribution in [0.25, 0.3) is 0 Å². The third-order valence-electron chi connectivity index (χ3n) is 4.09. The van der Waals surface area contributed by atoms with E-state index in [2.05, 4.69) is 20.5 Å². The van der Waals surface area contributed by atoms with Gasteiger partial charge in [0.2, 0.25) is 5.91 Å². The Bertz CT molecular complexity index is 731. The van der Waals surface area contributed by atoms with Crippen molar-refractivity contribution in [3.8, 4) is 0 Å². The highest BCUT2D eigenvalue weighted by molar-refractivity contribution is 7.11. The largest absolute Gasteiger partial charge is 0.383 e. The molecule has 2 aromatic heterocycles. The van der Waals surface area contributed by atoms with Crippen molar-refractivity contribution in [2.45, 2.75) is 32.9 Å². The van der Waals surface area contributed by atoms with Crippen LogP contribution < -0.4 is 0 Å². The Kier molecular flexibility index (Phi) is 5.71. The van der Waals surface area contributed by atoms with Crippen LogP contribution in [0.4, 0.5) is 0 Å². The molecule has 2 aromatic rings. The van der Waals surface area contributed by atoms with Crippen LogP contribution in [0.1, 0.15) is 27.5 Å². The van der Waals surface area contributed by atoms with Crippen LogP contribution in [-0.4, -0.2) is 69.4 Å². The Labute approximate surface area is 149 Å². The molecule has 9 nitrogen and oxygen atoms in total. The zero-order chi connectivity index (χ0) is 17.8. The molecule has 0 radical (unpaired) electrons. The van der Waals surface area contributed by atoms with Crippen LogP contribution in [0.2, 0.25) is 0 Å². The van der Waals surface area contributed by atoms with Crippen molar-refractivity contribution in [1.82, 2.24) is 30.1 Å². The maximum atomic E-state index is 12.7. The summed E-state index contributed by atoms with van der Waals surface area (Å²) in [6.07, 6.45) is 0.0485. The number of hydrogen-bond acceptors (Lipinski definition) is 8. The summed E-state index contributed by atoms with van der Waals surface area (Å²) in [5.41, 5.74) is 0.934. The van der Waals surface area contributed by atoms with Gasteiger partial charge in [0.15, 0.2) is 5.82 Å². The van der Waals surface area contributed by atoms with Gasteiger partial charge in [-0.1, -0.05) is 0 Å². The molecular formula is C15H22N6O3S. The summed E-state index contributed by atoms with van der Waals surface area (Å²) in [4.78, 5) is 19.9. The van der Waals surface area contributed by atoms with Crippen LogP contribution in [-0.2, 0) is 27.2 Å². The molecular weight excluding hydrogens is 344 g/mol. The van der Waals surface area contributed by atoms with E-state index >= 15 is 0 Å². The van der Waals surface area contributed by atoms with E-state index in [0.29, 0.717) is 45.1 Å². The average Bonchev–Trinajstić information content (AvgIpc) is 3.19. The number of carbonyl (C=O) groups excluding carboxylic acids is 1. The predicted octanol–water partition coefficient (Wildman–Crippen LogP) is 0.535. The van der Waals surface area contributed by atoms with E-state index in [-0.39, 0.29) is 12.0 Å². The molecule has 0 aliphatic carbocycles. The summed E-state index contributed by atoms with van der Waals surface area (Å²) < 4.78 is 12.5.